The van der Waals surface area contributed by atoms with Crippen LogP contribution in [0.3, 0.4) is 0 Å². The molecule has 0 spiro atoms. The molecule has 3 N–H and O–H groups in total. The topological polar surface area (TPSA) is 96.9 Å². The van der Waals surface area contributed by atoms with Crippen LogP contribution < -0.4 is 25.4 Å². The zero-order valence-corrected chi connectivity index (χ0v) is 20.2. The van der Waals surface area contributed by atoms with Crippen molar-refractivity contribution in [3.8, 4) is 11.5 Å². The van der Waals surface area contributed by atoms with Crippen molar-refractivity contribution in [3.63, 3.8) is 0 Å². The highest BCUT2D eigenvalue weighted by atomic mass is 127. The number of carbonyl (C=O) groups is 1. The molecule has 1 amide bonds. The number of rotatable bonds is 9. The van der Waals surface area contributed by atoms with Crippen molar-refractivity contribution in [3.05, 3.63) is 47.7 Å². The van der Waals surface area contributed by atoms with Gasteiger partial charge in [-0.05, 0) is 38.1 Å². The largest absolute Gasteiger partial charge is 0.497 e. The second kappa shape index (κ2) is 13.6. The fourth-order valence-corrected chi connectivity index (χ4v) is 2.60. The van der Waals surface area contributed by atoms with E-state index in [-0.39, 0.29) is 29.9 Å². The molecule has 1 aromatic carbocycles. The number of carbonyl (C=O) groups excluding carboxylic acids is 1. The second-order valence-corrected chi connectivity index (χ2v) is 6.26. The first-order valence-electron chi connectivity index (χ1n) is 9.52. The normalized spacial score (nSPS) is 10.6. The van der Waals surface area contributed by atoms with E-state index in [1.807, 2.05) is 44.2 Å². The standard InChI is InChI=1S/C21H29N5O3.HI/c1-5-22-21(24-14-16-9-10-17(28-3)13-18(16)29-4)23-12-11-20(27)26-19-8-6-7-15(2)25-19;/h6-10,13H,5,11-12,14H2,1-4H3,(H2,22,23,24)(H,25,26,27);1H. The van der Waals surface area contributed by atoms with Gasteiger partial charge in [-0.25, -0.2) is 9.98 Å². The van der Waals surface area contributed by atoms with Crippen LogP contribution in [0.25, 0.3) is 0 Å². The molecule has 1 heterocycles. The number of nitrogens with zero attached hydrogens (tertiary/aromatic N) is 2. The number of ether oxygens (including phenoxy) is 2. The Morgan fingerprint density at radius 2 is 1.93 bits per heavy atom. The van der Waals surface area contributed by atoms with Crippen LogP contribution >= 0.6 is 24.0 Å². The van der Waals surface area contributed by atoms with E-state index in [1.54, 1.807) is 20.3 Å². The fraction of sp³-hybridized carbons (Fsp3) is 0.381. The summed E-state index contributed by atoms with van der Waals surface area (Å²) in [4.78, 5) is 20.9. The van der Waals surface area contributed by atoms with Gasteiger partial charge in [0.05, 0.1) is 20.8 Å². The van der Waals surface area contributed by atoms with Gasteiger partial charge in [-0.2, -0.15) is 0 Å². The van der Waals surface area contributed by atoms with Crippen LogP contribution in [-0.2, 0) is 11.3 Å². The number of methoxy groups -OCH3 is 2. The minimum atomic E-state index is -0.108. The Hall–Kier alpha value is -2.56. The van der Waals surface area contributed by atoms with Crippen LogP contribution in [0.1, 0.15) is 24.6 Å². The zero-order valence-electron chi connectivity index (χ0n) is 17.8. The molecule has 0 aliphatic carbocycles. The summed E-state index contributed by atoms with van der Waals surface area (Å²) >= 11 is 0. The summed E-state index contributed by atoms with van der Waals surface area (Å²) in [6.07, 6.45) is 0.298. The summed E-state index contributed by atoms with van der Waals surface area (Å²) in [6.45, 7) is 5.46. The van der Waals surface area contributed by atoms with Gasteiger partial charge in [-0.1, -0.05) is 6.07 Å². The van der Waals surface area contributed by atoms with Crippen molar-refractivity contribution in [2.75, 3.05) is 32.6 Å². The molecule has 0 aliphatic heterocycles. The molecule has 0 aliphatic rings. The lowest BCUT2D eigenvalue weighted by molar-refractivity contribution is -0.116. The van der Waals surface area contributed by atoms with E-state index in [0.717, 1.165) is 17.0 Å². The van der Waals surface area contributed by atoms with Crippen LogP contribution in [0.15, 0.2) is 41.4 Å². The molecule has 0 atom stereocenters. The van der Waals surface area contributed by atoms with Gasteiger partial charge in [0, 0.05) is 36.8 Å². The van der Waals surface area contributed by atoms with Crippen molar-refractivity contribution >= 4 is 41.7 Å². The third-order valence-electron chi connectivity index (χ3n) is 4.05. The number of aryl methyl sites for hydroxylation is 1. The molecule has 8 nitrogen and oxygen atoms in total. The summed E-state index contributed by atoms with van der Waals surface area (Å²) in [6, 6.07) is 11.1. The maximum absolute atomic E-state index is 12.1. The Kier molecular flexibility index (Phi) is 11.6. The summed E-state index contributed by atoms with van der Waals surface area (Å²) in [5.41, 5.74) is 1.80. The monoisotopic (exact) mass is 527 g/mol. The first-order valence-corrected chi connectivity index (χ1v) is 9.52. The van der Waals surface area contributed by atoms with Gasteiger partial charge in [0.2, 0.25) is 5.91 Å². The lowest BCUT2D eigenvalue weighted by Crippen LogP contribution is -2.38. The van der Waals surface area contributed by atoms with Gasteiger partial charge in [0.15, 0.2) is 5.96 Å². The number of halogens is 1. The molecular formula is C21H30IN5O3. The number of amides is 1. The lowest BCUT2D eigenvalue weighted by Gasteiger charge is -2.13. The Balaban J connectivity index is 0.00000450. The van der Waals surface area contributed by atoms with E-state index < -0.39 is 0 Å². The van der Waals surface area contributed by atoms with Gasteiger partial charge >= 0.3 is 0 Å². The molecule has 1 aromatic heterocycles. The van der Waals surface area contributed by atoms with Crippen molar-refractivity contribution < 1.29 is 14.3 Å². The van der Waals surface area contributed by atoms with Gasteiger partial charge in [-0.15, -0.1) is 24.0 Å². The first-order chi connectivity index (χ1) is 14.0. The van der Waals surface area contributed by atoms with Crippen molar-refractivity contribution in [1.82, 2.24) is 15.6 Å². The van der Waals surface area contributed by atoms with Crippen LogP contribution in [0.2, 0.25) is 0 Å². The molecule has 0 unspecified atom stereocenters. The van der Waals surface area contributed by atoms with E-state index in [1.165, 1.54) is 0 Å². The molecule has 0 saturated carbocycles. The molecule has 30 heavy (non-hydrogen) atoms. The molecule has 0 saturated heterocycles. The number of hydrogen-bond acceptors (Lipinski definition) is 5. The highest BCUT2D eigenvalue weighted by Crippen LogP contribution is 2.25. The third kappa shape index (κ3) is 8.44. The quantitative estimate of drug-likeness (QED) is 0.264. The van der Waals surface area contributed by atoms with E-state index in [9.17, 15) is 4.79 Å². The Morgan fingerprint density at radius 3 is 2.60 bits per heavy atom. The molecule has 9 heteroatoms. The average molecular weight is 527 g/mol. The maximum atomic E-state index is 12.1. The van der Waals surface area contributed by atoms with Gasteiger partial charge in [0.25, 0.3) is 0 Å². The van der Waals surface area contributed by atoms with E-state index in [0.29, 0.717) is 43.6 Å². The summed E-state index contributed by atoms with van der Waals surface area (Å²) < 4.78 is 10.6. The summed E-state index contributed by atoms with van der Waals surface area (Å²) in [7, 11) is 3.23. The minimum Gasteiger partial charge on any atom is -0.497 e. The molecule has 0 fully saturated rings. The Labute approximate surface area is 194 Å². The number of aromatic nitrogens is 1. The Morgan fingerprint density at radius 1 is 1.13 bits per heavy atom. The number of pyridine rings is 1. The second-order valence-electron chi connectivity index (χ2n) is 6.26. The van der Waals surface area contributed by atoms with Gasteiger partial charge < -0.3 is 25.4 Å². The molecular weight excluding hydrogens is 497 g/mol. The van der Waals surface area contributed by atoms with Crippen molar-refractivity contribution in [2.24, 2.45) is 4.99 Å². The number of guanidine groups is 1. The molecule has 164 valence electrons. The van der Waals surface area contributed by atoms with E-state index in [2.05, 4.69) is 25.9 Å². The number of anilines is 1. The SMILES string of the molecule is CCNC(=NCc1ccc(OC)cc1OC)NCCC(=O)Nc1cccc(C)n1.I. The smallest absolute Gasteiger partial charge is 0.227 e. The van der Waals surface area contributed by atoms with Crippen molar-refractivity contribution in [2.45, 2.75) is 26.8 Å². The van der Waals surface area contributed by atoms with E-state index in [4.69, 9.17) is 9.47 Å². The molecule has 0 bridgehead atoms. The summed E-state index contributed by atoms with van der Waals surface area (Å²) in [5.74, 6) is 2.53. The Bertz CT molecular complexity index is 845. The number of hydrogen-bond donors (Lipinski definition) is 3. The van der Waals surface area contributed by atoms with Crippen LogP contribution in [-0.4, -0.2) is 44.2 Å². The van der Waals surface area contributed by atoms with Gasteiger partial charge in [-0.3, -0.25) is 4.79 Å². The summed E-state index contributed by atoms with van der Waals surface area (Å²) in [5, 5.41) is 9.14. The number of nitrogens with one attached hydrogen (secondary N) is 3. The fourth-order valence-electron chi connectivity index (χ4n) is 2.60. The van der Waals surface area contributed by atoms with Gasteiger partial charge in [0.1, 0.15) is 17.3 Å². The van der Waals surface area contributed by atoms with Crippen molar-refractivity contribution in [1.29, 1.82) is 0 Å². The number of benzene rings is 1. The predicted molar refractivity (Wildman–Crippen MR) is 130 cm³/mol. The average Bonchev–Trinajstić information content (AvgIpc) is 2.71. The third-order valence-corrected chi connectivity index (χ3v) is 4.05. The predicted octanol–water partition coefficient (Wildman–Crippen LogP) is 3.11. The molecule has 2 aromatic rings. The highest BCUT2D eigenvalue weighted by Gasteiger charge is 2.07. The molecule has 2 rings (SSSR count). The first kappa shape index (κ1) is 25.5. The lowest BCUT2D eigenvalue weighted by atomic mass is 10.2. The van der Waals surface area contributed by atoms with Crippen LogP contribution in [0, 0.1) is 6.92 Å². The highest BCUT2D eigenvalue weighted by molar-refractivity contribution is 14.0. The zero-order chi connectivity index (χ0) is 21.1. The van der Waals surface area contributed by atoms with E-state index >= 15 is 0 Å². The minimum absolute atomic E-state index is 0. The van der Waals surface area contributed by atoms with Crippen LogP contribution in [0.5, 0.6) is 11.5 Å². The maximum Gasteiger partial charge on any atom is 0.227 e. The van der Waals surface area contributed by atoms with Crippen LogP contribution in [0.4, 0.5) is 5.82 Å². The molecule has 0 radical (unpaired) electrons. The number of aliphatic imine (C=N–C) groups is 1.